The van der Waals surface area contributed by atoms with Crippen LogP contribution in [-0.4, -0.2) is 29.7 Å². The molecule has 1 N–H and O–H groups in total. The summed E-state index contributed by atoms with van der Waals surface area (Å²) in [5.74, 6) is 0. The lowest BCUT2D eigenvalue weighted by Gasteiger charge is -2.24. The van der Waals surface area contributed by atoms with Crippen LogP contribution in [0.1, 0.15) is 56.4 Å². The van der Waals surface area contributed by atoms with E-state index in [1.54, 1.807) is 0 Å². The summed E-state index contributed by atoms with van der Waals surface area (Å²) >= 11 is 0. The van der Waals surface area contributed by atoms with E-state index < -0.39 is 0 Å². The fourth-order valence-electron chi connectivity index (χ4n) is 2.43. The highest BCUT2D eigenvalue weighted by molar-refractivity contribution is 5.40. The lowest BCUT2D eigenvalue weighted by atomic mass is 9.84. The van der Waals surface area contributed by atoms with Gasteiger partial charge in [0, 0.05) is 13.1 Å². The van der Waals surface area contributed by atoms with Crippen molar-refractivity contribution in [2.24, 2.45) is 0 Å². The molecule has 20 heavy (non-hydrogen) atoms. The topological polar surface area (TPSA) is 23.5 Å². The number of aryl methyl sites for hydroxylation is 2. The predicted octanol–water partition coefficient (Wildman–Crippen LogP) is 3.80. The molecule has 1 atom stereocenters. The third-order valence-corrected chi connectivity index (χ3v) is 3.92. The molecular formula is C18H31NO. The first-order chi connectivity index (χ1) is 9.11. The van der Waals surface area contributed by atoms with E-state index in [0.29, 0.717) is 0 Å². The summed E-state index contributed by atoms with van der Waals surface area (Å²) in [6.07, 6.45) is 0.609. The van der Waals surface area contributed by atoms with Gasteiger partial charge in [-0.05, 0) is 61.9 Å². The molecule has 1 unspecified atom stereocenters. The Balaban J connectivity index is 2.86. The third kappa shape index (κ3) is 4.92. The molecule has 1 aromatic rings. The molecule has 1 rings (SSSR count). The van der Waals surface area contributed by atoms with Gasteiger partial charge in [0.2, 0.25) is 0 Å². The molecule has 0 aliphatic heterocycles. The molecule has 0 aliphatic rings. The molecule has 0 radical (unpaired) electrons. The van der Waals surface area contributed by atoms with Crippen molar-refractivity contribution in [2.45, 2.75) is 66.0 Å². The van der Waals surface area contributed by atoms with Crippen LogP contribution < -0.4 is 0 Å². The van der Waals surface area contributed by atoms with Crippen LogP contribution in [0.3, 0.4) is 0 Å². The summed E-state index contributed by atoms with van der Waals surface area (Å²) in [4.78, 5) is 2.29. The molecule has 0 aliphatic carbocycles. The average Bonchev–Trinajstić information content (AvgIpc) is 2.29. The quantitative estimate of drug-likeness (QED) is 0.885. The van der Waals surface area contributed by atoms with Crippen LogP contribution in [0.5, 0.6) is 0 Å². The third-order valence-electron chi connectivity index (χ3n) is 3.92. The van der Waals surface area contributed by atoms with E-state index in [9.17, 15) is 5.11 Å². The largest absolute Gasteiger partial charge is 0.393 e. The van der Waals surface area contributed by atoms with Gasteiger partial charge in [-0.25, -0.2) is 0 Å². The Bertz CT molecular complexity index is 420. The molecule has 2 heteroatoms. The Labute approximate surface area is 124 Å². The summed E-state index contributed by atoms with van der Waals surface area (Å²) < 4.78 is 0. The number of aliphatic hydroxyl groups excluding tert-OH is 1. The zero-order chi connectivity index (χ0) is 15.5. The van der Waals surface area contributed by atoms with E-state index in [-0.39, 0.29) is 11.5 Å². The molecular weight excluding hydrogens is 246 g/mol. The number of nitrogens with zero attached hydrogens (tertiary/aromatic N) is 1. The number of benzene rings is 1. The Morgan fingerprint density at radius 3 is 2.05 bits per heavy atom. The predicted molar refractivity (Wildman–Crippen MR) is 87.2 cm³/mol. The number of aliphatic hydroxyl groups is 1. The monoisotopic (exact) mass is 277 g/mol. The van der Waals surface area contributed by atoms with Crippen molar-refractivity contribution in [3.8, 4) is 0 Å². The lowest BCUT2D eigenvalue weighted by molar-refractivity contribution is 0.163. The zero-order valence-corrected chi connectivity index (χ0v) is 14.2. The van der Waals surface area contributed by atoms with Crippen molar-refractivity contribution in [3.05, 3.63) is 34.4 Å². The van der Waals surface area contributed by atoms with Gasteiger partial charge in [-0.15, -0.1) is 0 Å². The highest BCUT2D eigenvalue weighted by Crippen LogP contribution is 2.27. The minimum atomic E-state index is -0.220. The van der Waals surface area contributed by atoms with Crippen LogP contribution in [0.25, 0.3) is 0 Å². The van der Waals surface area contributed by atoms with Crippen molar-refractivity contribution < 1.29 is 5.11 Å². The maximum Gasteiger partial charge on any atom is 0.0524 e. The van der Waals surface area contributed by atoms with Crippen LogP contribution >= 0.6 is 0 Å². The molecule has 0 spiro atoms. The maximum atomic E-state index is 9.38. The van der Waals surface area contributed by atoms with Crippen LogP contribution in [0, 0.1) is 13.8 Å². The molecule has 0 heterocycles. The molecule has 0 aromatic heterocycles. The normalized spacial score (nSPS) is 13.8. The number of hydrogen-bond acceptors (Lipinski definition) is 2. The molecule has 0 saturated carbocycles. The summed E-state index contributed by atoms with van der Waals surface area (Å²) in [6, 6.07) is 4.65. The lowest BCUT2D eigenvalue weighted by Crippen LogP contribution is -2.23. The van der Waals surface area contributed by atoms with Gasteiger partial charge in [0.15, 0.2) is 0 Å². The standard InChI is InChI=1S/C18H31NO/c1-13-10-16(18(4,5)6)11-14(2)17(13)12-19(7)9-8-15(3)20/h10-11,15,20H,8-9,12H2,1-7H3. The van der Waals surface area contributed by atoms with E-state index in [1.807, 2.05) is 6.92 Å². The highest BCUT2D eigenvalue weighted by Gasteiger charge is 2.16. The SMILES string of the molecule is Cc1cc(C(C)(C)C)cc(C)c1CN(C)CCC(C)O. The van der Waals surface area contributed by atoms with Gasteiger partial charge in [-0.2, -0.15) is 0 Å². The first-order valence-corrected chi connectivity index (χ1v) is 7.58. The summed E-state index contributed by atoms with van der Waals surface area (Å²) in [7, 11) is 2.12. The van der Waals surface area contributed by atoms with Gasteiger partial charge in [0.25, 0.3) is 0 Å². The minimum absolute atomic E-state index is 0.201. The van der Waals surface area contributed by atoms with Gasteiger partial charge in [-0.3, -0.25) is 0 Å². The fraction of sp³-hybridized carbons (Fsp3) is 0.667. The van der Waals surface area contributed by atoms with Crippen molar-refractivity contribution in [3.63, 3.8) is 0 Å². The fourth-order valence-corrected chi connectivity index (χ4v) is 2.43. The second kappa shape index (κ2) is 6.73. The minimum Gasteiger partial charge on any atom is -0.393 e. The van der Waals surface area contributed by atoms with Crippen molar-refractivity contribution in [1.82, 2.24) is 4.90 Å². The number of hydrogen-bond donors (Lipinski definition) is 1. The van der Waals surface area contributed by atoms with Crippen LogP contribution in [-0.2, 0) is 12.0 Å². The Morgan fingerprint density at radius 2 is 1.65 bits per heavy atom. The first kappa shape index (κ1) is 17.2. The van der Waals surface area contributed by atoms with Gasteiger partial charge in [-0.1, -0.05) is 32.9 Å². The Kier molecular flexibility index (Phi) is 5.79. The van der Waals surface area contributed by atoms with E-state index >= 15 is 0 Å². The average molecular weight is 277 g/mol. The van der Waals surface area contributed by atoms with E-state index in [0.717, 1.165) is 19.5 Å². The van der Waals surface area contributed by atoms with E-state index in [2.05, 4.69) is 58.7 Å². The van der Waals surface area contributed by atoms with Crippen LogP contribution in [0.15, 0.2) is 12.1 Å². The molecule has 1 aromatic carbocycles. The molecule has 0 fully saturated rings. The molecule has 0 saturated heterocycles. The Hall–Kier alpha value is -0.860. The summed E-state index contributed by atoms with van der Waals surface area (Å²) in [5.41, 5.74) is 5.78. The van der Waals surface area contributed by atoms with E-state index in [1.165, 1.54) is 22.3 Å². The highest BCUT2D eigenvalue weighted by atomic mass is 16.3. The maximum absolute atomic E-state index is 9.38. The van der Waals surface area contributed by atoms with Crippen molar-refractivity contribution in [1.29, 1.82) is 0 Å². The van der Waals surface area contributed by atoms with Gasteiger partial charge < -0.3 is 10.0 Å². The van der Waals surface area contributed by atoms with Gasteiger partial charge in [0.1, 0.15) is 0 Å². The molecule has 2 nitrogen and oxygen atoms in total. The molecule has 0 amide bonds. The molecule has 114 valence electrons. The summed E-state index contributed by atoms with van der Waals surface area (Å²) in [5, 5.41) is 9.38. The second-order valence-corrected chi connectivity index (χ2v) is 7.21. The first-order valence-electron chi connectivity index (χ1n) is 7.58. The van der Waals surface area contributed by atoms with Gasteiger partial charge in [0.05, 0.1) is 6.10 Å². The summed E-state index contributed by atoms with van der Waals surface area (Å²) in [6.45, 7) is 14.9. The van der Waals surface area contributed by atoms with Crippen molar-refractivity contribution in [2.75, 3.05) is 13.6 Å². The van der Waals surface area contributed by atoms with Gasteiger partial charge >= 0.3 is 0 Å². The smallest absolute Gasteiger partial charge is 0.0524 e. The van der Waals surface area contributed by atoms with Crippen molar-refractivity contribution >= 4 is 0 Å². The van der Waals surface area contributed by atoms with E-state index in [4.69, 9.17) is 0 Å². The zero-order valence-electron chi connectivity index (χ0n) is 14.2. The number of rotatable bonds is 5. The van der Waals surface area contributed by atoms with Crippen LogP contribution in [0.4, 0.5) is 0 Å². The second-order valence-electron chi connectivity index (χ2n) is 7.21. The Morgan fingerprint density at radius 1 is 1.15 bits per heavy atom. The molecule has 0 bridgehead atoms. The van der Waals surface area contributed by atoms with Crippen LogP contribution in [0.2, 0.25) is 0 Å².